The first-order valence-corrected chi connectivity index (χ1v) is 4.86. The van der Waals surface area contributed by atoms with E-state index in [0.29, 0.717) is 11.6 Å². The summed E-state index contributed by atoms with van der Waals surface area (Å²) in [4.78, 5) is 11.4. The van der Waals surface area contributed by atoms with Crippen LogP contribution in [0.3, 0.4) is 0 Å². The Kier molecular flexibility index (Phi) is 3.74. The fourth-order valence-electron chi connectivity index (χ4n) is 1.63. The molecule has 2 heteroatoms. The molecule has 1 aliphatic carbocycles. The average Bonchev–Trinajstić information content (AvgIpc) is 2.57. The molecule has 0 aromatic carbocycles. The van der Waals surface area contributed by atoms with Crippen LogP contribution in [0.4, 0.5) is 0 Å². The van der Waals surface area contributed by atoms with Gasteiger partial charge >= 0.3 is 0 Å². The van der Waals surface area contributed by atoms with Crippen LogP contribution in [-0.4, -0.2) is 11.9 Å². The van der Waals surface area contributed by atoms with Gasteiger partial charge in [0.15, 0.2) is 0 Å². The Morgan fingerprint density at radius 3 is 2.62 bits per heavy atom. The van der Waals surface area contributed by atoms with Gasteiger partial charge in [0.1, 0.15) is 0 Å². The summed E-state index contributed by atoms with van der Waals surface area (Å²) in [5.74, 6) is -0.0231. The fraction of sp³-hybridized carbons (Fsp3) is 0.545. The van der Waals surface area contributed by atoms with Gasteiger partial charge in [-0.2, -0.15) is 0 Å². The number of allylic oxidation sites excluding steroid dienone is 1. The van der Waals surface area contributed by atoms with Crippen molar-refractivity contribution in [1.29, 1.82) is 0 Å². The Labute approximate surface area is 79.7 Å². The van der Waals surface area contributed by atoms with Gasteiger partial charge in [-0.1, -0.05) is 31.6 Å². The Hall–Kier alpha value is -1.05. The average molecular weight is 179 g/mol. The third-order valence-corrected chi connectivity index (χ3v) is 2.35. The quantitative estimate of drug-likeness (QED) is 0.522. The van der Waals surface area contributed by atoms with Crippen molar-refractivity contribution in [1.82, 2.24) is 5.32 Å². The molecule has 0 aromatic heterocycles. The van der Waals surface area contributed by atoms with Gasteiger partial charge in [-0.15, -0.1) is 0 Å². The molecular weight excluding hydrogens is 162 g/mol. The summed E-state index contributed by atoms with van der Waals surface area (Å²) >= 11 is 0. The number of hydrogen-bond acceptors (Lipinski definition) is 1. The zero-order chi connectivity index (χ0) is 9.68. The second-order valence-electron chi connectivity index (χ2n) is 3.48. The lowest BCUT2D eigenvalue weighted by atomic mass is 10.2. The molecule has 0 aliphatic heterocycles. The lowest BCUT2D eigenvalue weighted by Gasteiger charge is -2.11. The van der Waals surface area contributed by atoms with E-state index in [-0.39, 0.29) is 5.91 Å². The Balaban J connectivity index is 2.35. The van der Waals surface area contributed by atoms with E-state index in [4.69, 9.17) is 0 Å². The summed E-state index contributed by atoms with van der Waals surface area (Å²) in [7, 11) is 0. The molecule has 1 saturated carbocycles. The minimum atomic E-state index is -0.0231. The molecule has 1 N–H and O–H groups in total. The normalized spacial score (nSPS) is 17.9. The van der Waals surface area contributed by atoms with Gasteiger partial charge in [-0.05, 0) is 19.8 Å². The molecule has 0 atom stereocenters. The van der Waals surface area contributed by atoms with Crippen molar-refractivity contribution in [2.75, 3.05) is 0 Å². The van der Waals surface area contributed by atoms with Gasteiger partial charge in [0, 0.05) is 11.6 Å². The van der Waals surface area contributed by atoms with Crippen LogP contribution < -0.4 is 5.32 Å². The van der Waals surface area contributed by atoms with Gasteiger partial charge in [0.05, 0.1) is 0 Å². The van der Waals surface area contributed by atoms with Crippen LogP contribution in [0.25, 0.3) is 0 Å². The van der Waals surface area contributed by atoms with Crippen molar-refractivity contribution < 1.29 is 4.79 Å². The van der Waals surface area contributed by atoms with Crippen LogP contribution in [0, 0.1) is 0 Å². The SMILES string of the molecule is C=C(/C=C/C)C(=O)NC1CCCC1. The zero-order valence-corrected chi connectivity index (χ0v) is 8.18. The first kappa shape index (κ1) is 10.0. The molecule has 1 aliphatic rings. The summed E-state index contributed by atoms with van der Waals surface area (Å²) < 4.78 is 0. The third-order valence-electron chi connectivity index (χ3n) is 2.35. The summed E-state index contributed by atoms with van der Waals surface area (Å²) in [6.45, 7) is 5.57. The first-order chi connectivity index (χ1) is 6.24. The molecule has 0 spiro atoms. The first-order valence-electron chi connectivity index (χ1n) is 4.86. The van der Waals surface area contributed by atoms with Crippen LogP contribution in [-0.2, 0) is 4.79 Å². The molecular formula is C11H17NO. The number of nitrogens with one attached hydrogen (secondary N) is 1. The molecule has 13 heavy (non-hydrogen) atoms. The summed E-state index contributed by atoms with van der Waals surface area (Å²) in [5, 5.41) is 2.97. The van der Waals surface area contributed by atoms with E-state index < -0.39 is 0 Å². The maximum atomic E-state index is 11.4. The largest absolute Gasteiger partial charge is 0.349 e. The van der Waals surface area contributed by atoms with Crippen molar-refractivity contribution >= 4 is 5.91 Å². The Morgan fingerprint density at radius 2 is 2.08 bits per heavy atom. The highest BCUT2D eigenvalue weighted by Crippen LogP contribution is 2.17. The Bertz CT molecular complexity index is 224. The van der Waals surface area contributed by atoms with Gasteiger partial charge < -0.3 is 5.32 Å². The van der Waals surface area contributed by atoms with E-state index in [1.165, 1.54) is 12.8 Å². The highest BCUT2D eigenvalue weighted by atomic mass is 16.1. The topological polar surface area (TPSA) is 29.1 Å². The monoisotopic (exact) mass is 179 g/mol. The van der Waals surface area contributed by atoms with E-state index in [1.807, 2.05) is 13.0 Å². The second-order valence-corrected chi connectivity index (χ2v) is 3.48. The van der Waals surface area contributed by atoms with Gasteiger partial charge in [-0.25, -0.2) is 0 Å². The summed E-state index contributed by atoms with van der Waals surface area (Å²) in [5.41, 5.74) is 0.550. The van der Waals surface area contributed by atoms with Crippen LogP contribution in [0.15, 0.2) is 24.3 Å². The van der Waals surface area contributed by atoms with E-state index in [2.05, 4.69) is 11.9 Å². The smallest absolute Gasteiger partial charge is 0.250 e. The van der Waals surface area contributed by atoms with E-state index in [1.54, 1.807) is 6.08 Å². The standard InChI is InChI=1S/C11H17NO/c1-3-6-9(2)11(13)12-10-7-4-5-8-10/h3,6,10H,2,4-5,7-8H2,1H3,(H,12,13)/b6-3+. The highest BCUT2D eigenvalue weighted by molar-refractivity contribution is 5.95. The van der Waals surface area contributed by atoms with Gasteiger partial charge in [0.2, 0.25) is 0 Å². The summed E-state index contributed by atoms with van der Waals surface area (Å²) in [6.07, 6.45) is 8.28. The third kappa shape index (κ3) is 3.05. The molecule has 0 bridgehead atoms. The summed E-state index contributed by atoms with van der Waals surface area (Å²) in [6, 6.07) is 0.384. The van der Waals surface area contributed by atoms with E-state index in [9.17, 15) is 4.79 Å². The number of carbonyl (C=O) groups is 1. The van der Waals surface area contributed by atoms with E-state index >= 15 is 0 Å². The molecule has 0 radical (unpaired) electrons. The van der Waals surface area contributed by atoms with Gasteiger partial charge in [0.25, 0.3) is 5.91 Å². The molecule has 72 valence electrons. The number of rotatable bonds is 3. The van der Waals surface area contributed by atoms with Crippen molar-refractivity contribution in [3.63, 3.8) is 0 Å². The van der Waals surface area contributed by atoms with Crippen LogP contribution in [0.2, 0.25) is 0 Å². The predicted octanol–water partition coefficient (Wildman–Crippen LogP) is 2.18. The molecule has 0 aromatic rings. The molecule has 0 saturated heterocycles. The van der Waals surface area contributed by atoms with Gasteiger partial charge in [-0.3, -0.25) is 4.79 Å². The molecule has 1 fully saturated rings. The maximum Gasteiger partial charge on any atom is 0.250 e. The van der Waals surface area contributed by atoms with Crippen molar-refractivity contribution in [3.05, 3.63) is 24.3 Å². The van der Waals surface area contributed by atoms with E-state index in [0.717, 1.165) is 12.8 Å². The highest BCUT2D eigenvalue weighted by Gasteiger charge is 2.17. The molecule has 1 amide bonds. The van der Waals surface area contributed by atoms with Crippen molar-refractivity contribution in [2.45, 2.75) is 38.6 Å². The van der Waals surface area contributed by atoms with Crippen molar-refractivity contribution in [3.8, 4) is 0 Å². The zero-order valence-electron chi connectivity index (χ0n) is 8.18. The van der Waals surface area contributed by atoms with Crippen LogP contribution >= 0.6 is 0 Å². The van der Waals surface area contributed by atoms with Crippen molar-refractivity contribution in [2.24, 2.45) is 0 Å². The fourth-order valence-corrected chi connectivity index (χ4v) is 1.63. The number of carbonyl (C=O) groups excluding carboxylic acids is 1. The predicted molar refractivity (Wildman–Crippen MR) is 54.4 cm³/mol. The molecule has 0 unspecified atom stereocenters. The number of amides is 1. The Morgan fingerprint density at radius 1 is 1.46 bits per heavy atom. The molecule has 2 nitrogen and oxygen atoms in total. The van der Waals surface area contributed by atoms with Crippen LogP contribution in [0.5, 0.6) is 0 Å². The minimum Gasteiger partial charge on any atom is -0.349 e. The molecule has 1 rings (SSSR count). The number of hydrogen-bond donors (Lipinski definition) is 1. The molecule has 0 heterocycles. The minimum absolute atomic E-state index is 0.0231. The maximum absolute atomic E-state index is 11.4. The lowest BCUT2D eigenvalue weighted by molar-refractivity contribution is -0.117. The van der Waals surface area contributed by atoms with Crippen LogP contribution in [0.1, 0.15) is 32.6 Å². The second kappa shape index (κ2) is 4.85. The lowest BCUT2D eigenvalue weighted by Crippen LogP contribution is -2.32.